The fourth-order valence-electron chi connectivity index (χ4n) is 5.02. The van der Waals surface area contributed by atoms with Gasteiger partial charge in [0.05, 0.1) is 0 Å². The molecule has 1 aliphatic heterocycles. The van der Waals surface area contributed by atoms with E-state index in [-0.39, 0.29) is 17.8 Å². The van der Waals surface area contributed by atoms with Crippen LogP contribution in [0.1, 0.15) is 80.7 Å². The van der Waals surface area contributed by atoms with Crippen LogP contribution in [0.2, 0.25) is 0 Å². The van der Waals surface area contributed by atoms with Crippen molar-refractivity contribution in [1.82, 2.24) is 4.90 Å². The minimum absolute atomic E-state index is 0. The molecule has 0 saturated heterocycles. The lowest BCUT2D eigenvalue weighted by atomic mass is 9.86. The summed E-state index contributed by atoms with van der Waals surface area (Å²) in [6.45, 7) is 9.71. The molecule has 0 aliphatic carbocycles. The number of para-hydroxylation sites is 1. The van der Waals surface area contributed by atoms with Crippen molar-refractivity contribution in [2.24, 2.45) is 0 Å². The second-order valence-corrected chi connectivity index (χ2v) is 11.3. The number of benzene rings is 3. The monoisotopic (exact) mass is 517 g/mol. The number of unbranched alkanes of at least 4 members (excludes halogenated alkanes) is 3. The number of hydrogen-bond donors (Lipinski definition) is 0. The summed E-state index contributed by atoms with van der Waals surface area (Å²) in [5, 5.41) is 0. The predicted molar refractivity (Wildman–Crippen MR) is 161 cm³/mol. The number of aryl methyl sites for hydroxylation is 1. The van der Waals surface area contributed by atoms with E-state index in [1.807, 2.05) is 0 Å². The fourth-order valence-corrected chi connectivity index (χ4v) is 5.02. The Morgan fingerprint density at radius 1 is 0.784 bits per heavy atom. The minimum Gasteiger partial charge on any atom is -0.488 e. The zero-order valence-electron chi connectivity index (χ0n) is 23.1. The SMILES string of the molecule is CN(CC/C=C1/c2ccccc2COc2ccccc21)CCCCCCc1ccc(C(C)(C)C)cc1.Cl. The van der Waals surface area contributed by atoms with Crippen molar-refractivity contribution in [2.75, 3.05) is 20.1 Å². The number of rotatable bonds is 10. The first-order chi connectivity index (χ1) is 17.4. The topological polar surface area (TPSA) is 12.5 Å². The van der Waals surface area contributed by atoms with Crippen molar-refractivity contribution in [2.45, 2.75) is 71.3 Å². The molecule has 0 bridgehead atoms. The van der Waals surface area contributed by atoms with Crippen LogP contribution in [-0.4, -0.2) is 25.0 Å². The molecule has 1 heterocycles. The zero-order valence-corrected chi connectivity index (χ0v) is 23.9. The predicted octanol–water partition coefficient (Wildman–Crippen LogP) is 8.86. The molecule has 3 aromatic rings. The van der Waals surface area contributed by atoms with Gasteiger partial charge in [0.1, 0.15) is 12.4 Å². The summed E-state index contributed by atoms with van der Waals surface area (Å²) in [6, 6.07) is 26.3. The van der Waals surface area contributed by atoms with Crippen molar-refractivity contribution < 1.29 is 4.74 Å². The van der Waals surface area contributed by atoms with Crippen LogP contribution >= 0.6 is 12.4 Å². The van der Waals surface area contributed by atoms with E-state index in [0.717, 1.165) is 18.7 Å². The lowest BCUT2D eigenvalue weighted by Crippen LogP contribution is -2.20. The standard InChI is InChI=1S/C34H43NO.ClH/c1-34(2,3)29-22-20-27(21-23-29)14-7-5-6-12-24-35(4)25-13-18-31-30-16-9-8-15-28(30)26-36-33-19-11-10-17-32(31)33;/h8-11,15-23H,5-7,12-14,24-26H2,1-4H3;1H/b31-18-;. The van der Waals surface area contributed by atoms with E-state index in [1.54, 1.807) is 0 Å². The van der Waals surface area contributed by atoms with E-state index >= 15 is 0 Å². The number of halogens is 1. The highest BCUT2D eigenvalue weighted by Gasteiger charge is 2.18. The van der Waals surface area contributed by atoms with Crippen LogP contribution in [0.3, 0.4) is 0 Å². The fraction of sp³-hybridized carbons (Fsp3) is 0.412. The van der Waals surface area contributed by atoms with E-state index < -0.39 is 0 Å². The lowest BCUT2D eigenvalue weighted by molar-refractivity contribution is 0.307. The van der Waals surface area contributed by atoms with Crippen LogP contribution in [0.15, 0.2) is 78.9 Å². The van der Waals surface area contributed by atoms with Gasteiger partial charge in [0.2, 0.25) is 0 Å². The normalized spacial score (nSPS) is 13.9. The molecule has 4 rings (SSSR count). The number of hydrogen-bond acceptors (Lipinski definition) is 2. The van der Waals surface area contributed by atoms with Crippen molar-refractivity contribution >= 4 is 18.0 Å². The van der Waals surface area contributed by atoms with Gasteiger partial charge < -0.3 is 9.64 Å². The van der Waals surface area contributed by atoms with Gasteiger partial charge in [-0.3, -0.25) is 0 Å². The third kappa shape index (κ3) is 8.22. The lowest BCUT2D eigenvalue weighted by Gasteiger charge is -2.19. The van der Waals surface area contributed by atoms with Gasteiger partial charge in [0, 0.05) is 12.1 Å². The second-order valence-electron chi connectivity index (χ2n) is 11.3. The molecule has 0 N–H and O–H groups in total. The van der Waals surface area contributed by atoms with Crippen molar-refractivity contribution in [1.29, 1.82) is 0 Å². The van der Waals surface area contributed by atoms with E-state index in [9.17, 15) is 0 Å². The quantitative estimate of drug-likeness (QED) is 0.249. The average Bonchev–Trinajstić information content (AvgIpc) is 3.03. The number of fused-ring (bicyclic) bond motifs is 2. The van der Waals surface area contributed by atoms with Crippen LogP contribution < -0.4 is 4.74 Å². The Bertz CT molecular complexity index is 1090. The molecule has 37 heavy (non-hydrogen) atoms. The first kappa shape index (κ1) is 29.0. The van der Waals surface area contributed by atoms with Gasteiger partial charge >= 0.3 is 0 Å². The first-order valence-electron chi connectivity index (χ1n) is 13.7. The summed E-state index contributed by atoms with van der Waals surface area (Å²) in [5.41, 5.74) is 8.21. The molecule has 0 spiro atoms. The second kappa shape index (κ2) is 13.8. The molecule has 0 amide bonds. The maximum Gasteiger partial charge on any atom is 0.127 e. The summed E-state index contributed by atoms with van der Waals surface area (Å²) in [4.78, 5) is 2.48. The van der Waals surface area contributed by atoms with Crippen LogP contribution in [0.25, 0.3) is 5.57 Å². The van der Waals surface area contributed by atoms with Crippen molar-refractivity contribution in [3.05, 3.63) is 107 Å². The molecule has 0 fully saturated rings. The summed E-state index contributed by atoms with van der Waals surface area (Å²) < 4.78 is 6.11. The van der Waals surface area contributed by atoms with Gasteiger partial charge in [-0.25, -0.2) is 0 Å². The molecule has 0 atom stereocenters. The minimum atomic E-state index is 0. The maximum atomic E-state index is 6.11. The van der Waals surface area contributed by atoms with E-state index in [4.69, 9.17) is 4.74 Å². The smallest absolute Gasteiger partial charge is 0.127 e. The molecule has 198 valence electrons. The van der Waals surface area contributed by atoms with E-state index in [0.29, 0.717) is 6.61 Å². The van der Waals surface area contributed by atoms with Gasteiger partial charge in [0.25, 0.3) is 0 Å². The Balaban J connectivity index is 0.00000380. The number of nitrogens with zero attached hydrogens (tertiary/aromatic N) is 1. The molecule has 3 heteroatoms. The van der Waals surface area contributed by atoms with Crippen LogP contribution in [-0.2, 0) is 18.4 Å². The van der Waals surface area contributed by atoms with Gasteiger partial charge in [-0.05, 0) is 78.6 Å². The molecule has 2 nitrogen and oxygen atoms in total. The highest BCUT2D eigenvalue weighted by Crippen LogP contribution is 2.36. The third-order valence-corrected chi connectivity index (χ3v) is 7.30. The Morgan fingerprint density at radius 3 is 2.22 bits per heavy atom. The largest absolute Gasteiger partial charge is 0.488 e. The van der Waals surface area contributed by atoms with Gasteiger partial charge in [0.15, 0.2) is 0 Å². The van der Waals surface area contributed by atoms with Gasteiger partial charge in [-0.1, -0.05) is 106 Å². The highest BCUT2D eigenvalue weighted by molar-refractivity contribution is 5.85. The summed E-state index contributed by atoms with van der Waals surface area (Å²) in [6.07, 6.45) is 9.82. The maximum absolute atomic E-state index is 6.11. The Labute approximate surface area is 231 Å². The molecule has 3 aromatic carbocycles. The Kier molecular flexibility index (Phi) is 10.9. The zero-order chi connectivity index (χ0) is 25.4. The molecular weight excluding hydrogens is 474 g/mol. The van der Waals surface area contributed by atoms with Crippen molar-refractivity contribution in [3.63, 3.8) is 0 Å². The van der Waals surface area contributed by atoms with Crippen LogP contribution in [0.5, 0.6) is 5.75 Å². The molecule has 0 saturated carbocycles. The average molecular weight is 518 g/mol. The third-order valence-electron chi connectivity index (χ3n) is 7.30. The Hall–Kier alpha value is -2.55. The molecular formula is C34H44ClNO. The molecule has 0 radical (unpaired) electrons. The van der Waals surface area contributed by atoms with Gasteiger partial charge in [-0.15, -0.1) is 12.4 Å². The van der Waals surface area contributed by atoms with Crippen LogP contribution in [0, 0.1) is 0 Å². The van der Waals surface area contributed by atoms with Crippen LogP contribution in [0.4, 0.5) is 0 Å². The van der Waals surface area contributed by atoms with E-state index in [1.165, 1.54) is 72.0 Å². The number of ether oxygens (including phenoxy) is 1. The van der Waals surface area contributed by atoms with Crippen molar-refractivity contribution in [3.8, 4) is 5.75 Å². The summed E-state index contributed by atoms with van der Waals surface area (Å²) in [7, 11) is 2.26. The first-order valence-corrected chi connectivity index (χ1v) is 13.7. The van der Waals surface area contributed by atoms with Gasteiger partial charge in [-0.2, -0.15) is 0 Å². The highest BCUT2D eigenvalue weighted by atomic mass is 35.5. The summed E-state index contributed by atoms with van der Waals surface area (Å²) in [5.74, 6) is 0.985. The summed E-state index contributed by atoms with van der Waals surface area (Å²) >= 11 is 0. The molecule has 0 unspecified atom stereocenters. The van der Waals surface area contributed by atoms with E-state index in [2.05, 4.69) is 112 Å². The Morgan fingerprint density at radius 2 is 1.46 bits per heavy atom. The molecule has 0 aromatic heterocycles. The molecule has 1 aliphatic rings.